The van der Waals surface area contributed by atoms with E-state index in [0.29, 0.717) is 28.8 Å². The summed E-state index contributed by atoms with van der Waals surface area (Å²) in [5.41, 5.74) is 4.20. The molecule has 0 atom stereocenters. The van der Waals surface area contributed by atoms with E-state index in [1.807, 2.05) is 53.1 Å². The molecule has 0 bridgehead atoms. The van der Waals surface area contributed by atoms with Crippen LogP contribution < -0.4 is 14.4 Å². The van der Waals surface area contributed by atoms with Crippen molar-refractivity contribution < 1.29 is 27.4 Å². The quantitative estimate of drug-likeness (QED) is 0.272. The van der Waals surface area contributed by atoms with Crippen molar-refractivity contribution in [1.29, 1.82) is 0 Å². The van der Waals surface area contributed by atoms with E-state index in [0.717, 1.165) is 23.2 Å². The van der Waals surface area contributed by atoms with Crippen LogP contribution in [0.25, 0.3) is 16.9 Å². The van der Waals surface area contributed by atoms with Crippen LogP contribution >= 0.6 is 11.8 Å². The minimum Gasteiger partial charge on any atom is -0.497 e. The number of anilines is 1. The van der Waals surface area contributed by atoms with Gasteiger partial charge in [0, 0.05) is 23.5 Å². The monoisotopic (exact) mass is 525 g/mol. The van der Waals surface area contributed by atoms with Gasteiger partial charge in [0.1, 0.15) is 11.5 Å². The van der Waals surface area contributed by atoms with Crippen molar-refractivity contribution in [2.24, 2.45) is 0 Å². The normalized spacial score (nSPS) is 12.9. The summed E-state index contributed by atoms with van der Waals surface area (Å²) in [5.74, 6) is 0.487. The van der Waals surface area contributed by atoms with E-state index in [9.17, 15) is 18.0 Å². The topological polar surface area (TPSA) is 56.6 Å². The Morgan fingerprint density at radius 2 is 1.70 bits per heavy atom. The Hall–Kier alpha value is -3.92. The molecule has 1 aliphatic rings. The molecule has 0 saturated heterocycles. The Kier molecular flexibility index (Phi) is 6.84. The Bertz CT molecular complexity index is 1400. The first-order chi connectivity index (χ1) is 17.8. The summed E-state index contributed by atoms with van der Waals surface area (Å²) in [6, 6.07) is 20.8. The molecule has 5 rings (SSSR count). The summed E-state index contributed by atoms with van der Waals surface area (Å²) >= 11 is 1.27. The number of methoxy groups -OCH3 is 1. The largest absolute Gasteiger partial charge is 0.573 e. The van der Waals surface area contributed by atoms with Crippen LogP contribution in [0.2, 0.25) is 0 Å². The second-order valence-electron chi connectivity index (χ2n) is 8.24. The van der Waals surface area contributed by atoms with E-state index in [2.05, 4.69) is 9.72 Å². The van der Waals surface area contributed by atoms with Crippen LogP contribution in [0.4, 0.5) is 18.9 Å². The number of rotatable bonds is 7. The van der Waals surface area contributed by atoms with Crippen molar-refractivity contribution >= 4 is 23.4 Å². The second-order valence-corrected chi connectivity index (χ2v) is 9.19. The highest BCUT2D eigenvalue weighted by Crippen LogP contribution is 2.33. The van der Waals surface area contributed by atoms with Gasteiger partial charge in [0.2, 0.25) is 5.91 Å². The molecule has 190 valence electrons. The molecule has 3 aromatic carbocycles. The van der Waals surface area contributed by atoms with Crippen LogP contribution in [0.15, 0.2) is 84.1 Å². The van der Waals surface area contributed by atoms with E-state index < -0.39 is 6.36 Å². The van der Waals surface area contributed by atoms with E-state index in [4.69, 9.17) is 4.74 Å². The minimum absolute atomic E-state index is 0.0376. The average Bonchev–Trinajstić information content (AvgIpc) is 3.51. The summed E-state index contributed by atoms with van der Waals surface area (Å²) in [7, 11) is 1.58. The van der Waals surface area contributed by atoms with Gasteiger partial charge in [-0.05, 0) is 66.6 Å². The molecule has 0 radical (unpaired) electrons. The minimum atomic E-state index is -4.78. The number of aromatic nitrogens is 2. The zero-order valence-corrected chi connectivity index (χ0v) is 20.6. The highest BCUT2D eigenvalue weighted by molar-refractivity contribution is 7.99. The Balaban J connectivity index is 1.44. The average molecular weight is 526 g/mol. The maximum atomic E-state index is 13.1. The van der Waals surface area contributed by atoms with Gasteiger partial charge in [0.25, 0.3) is 0 Å². The summed E-state index contributed by atoms with van der Waals surface area (Å²) in [6.45, 7) is 0.630. The molecular weight excluding hydrogens is 503 g/mol. The molecule has 1 aromatic heterocycles. The summed E-state index contributed by atoms with van der Waals surface area (Å²) in [4.78, 5) is 19.4. The highest BCUT2D eigenvalue weighted by atomic mass is 32.2. The van der Waals surface area contributed by atoms with Crippen LogP contribution in [0.1, 0.15) is 5.56 Å². The number of carbonyl (C=O) groups excluding carboxylic acids is 1. The number of benzene rings is 3. The predicted octanol–water partition coefficient (Wildman–Crippen LogP) is 6.13. The fraction of sp³-hybridized carbons (Fsp3) is 0.185. The predicted molar refractivity (Wildman–Crippen MR) is 135 cm³/mol. The van der Waals surface area contributed by atoms with Crippen LogP contribution in [0.5, 0.6) is 11.5 Å². The number of ether oxygens (including phenoxy) is 2. The third-order valence-electron chi connectivity index (χ3n) is 5.96. The molecule has 0 N–H and O–H groups in total. The molecule has 0 aliphatic carbocycles. The maximum absolute atomic E-state index is 13.1. The van der Waals surface area contributed by atoms with Crippen molar-refractivity contribution in [3.8, 4) is 28.4 Å². The molecule has 0 saturated carbocycles. The number of hydrogen-bond donors (Lipinski definition) is 0. The molecule has 10 heteroatoms. The van der Waals surface area contributed by atoms with Gasteiger partial charge in [-0.15, -0.1) is 13.2 Å². The van der Waals surface area contributed by atoms with Crippen LogP contribution in [0.3, 0.4) is 0 Å². The van der Waals surface area contributed by atoms with Gasteiger partial charge in [0.05, 0.1) is 24.8 Å². The first kappa shape index (κ1) is 24.8. The zero-order chi connectivity index (χ0) is 26.0. The highest BCUT2D eigenvalue weighted by Gasteiger charge is 2.31. The lowest BCUT2D eigenvalue weighted by Crippen LogP contribution is -2.30. The van der Waals surface area contributed by atoms with Gasteiger partial charge in [-0.25, -0.2) is 4.98 Å². The lowest BCUT2D eigenvalue weighted by Gasteiger charge is -2.17. The standard InChI is InChI=1S/C27H22F3N3O3S/c1-35-21-10-6-19(7-11-21)24-16-31-26(33(24)20-8-12-22(13-9-20)36-27(28,29)30)37-17-25(34)32-15-14-18-4-2-3-5-23(18)32/h2-13,16H,14-15,17H2,1H3. The Morgan fingerprint density at radius 1 is 1.00 bits per heavy atom. The van der Waals surface area contributed by atoms with E-state index in [1.165, 1.54) is 36.0 Å². The molecule has 0 unspecified atom stereocenters. The molecule has 0 fully saturated rings. The lowest BCUT2D eigenvalue weighted by atomic mass is 10.1. The van der Waals surface area contributed by atoms with Gasteiger partial charge >= 0.3 is 6.36 Å². The Morgan fingerprint density at radius 3 is 2.41 bits per heavy atom. The van der Waals surface area contributed by atoms with Crippen molar-refractivity contribution in [1.82, 2.24) is 9.55 Å². The van der Waals surface area contributed by atoms with Crippen molar-refractivity contribution in [3.05, 3.63) is 84.6 Å². The van der Waals surface area contributed by atoms with E-state index in [-0.39, 0.29) is 17.4 Å². The molecule has 1 amide bonds. The van der Waals surface area contributed by atoms with Gasteiger partial charge in [-0.1, -0.05) is 30.0 Å². The number of nitrogens with zero attached hydrogens (tertiary/aromatic N) is 3. The number of amides is 1. The van der Waals surface area contributed by atoms with Crippen LogP contribution in [0, 0.1) is 0 Å². The first-order valence-electron chi connectivity index (χ1n) is 11.4. The number of imidazole rings is 1. The molecule has 0 spiro atoms. The van der Waals surface area contributed by atoms with Crippen LogP contribution in [-0.4, -0.2) is 41.2 Å². The number of alkyl halides is 3. The zero-order valence-electron chi connectivity index (χ0n) is 19.7. The smallest absolute Gasteiger partial charge is 0.497 e. The second kappa shape index (κ2) is 10.2. The summed E-state index contributed by atoms with van der Waals surface area (Å²) < 4.78 is 49.0. The third-order valence-corrected chi connectivity index (χ3v) is 6.89. The Labute approximate surface area is 215 Å². The molecule has 1 aliphatic heterocycles. The fourth-order valence-corrected chi connectivity index (χ4v) is 5.12. The molecule has 2 heterocycles. The molecule has 37 heavy (non-hydrogen) atoms. The number of thioether (sulfide) groups is 1. The lowest BCUT2D eigenvalue weighted by molar-refractivity contribution is -0.274. The van der Waals surface area contributed by atoms with Crippen molar-refractivity contribution in [2.45, 2.75) is 17.9 Å². The van der Waals surface area contributed by atoms with Gasteiger partial charge in [-0.3, -0.25) is 9.36 Å². The number of carbonyl (C=O) groups is 1. The third kappa shape index (κ3) is 5.43. The molecular formula is C27H22F3N3O3S. The summed E-state index contributed by atoms with van der Waals surface area (Å²) in [5, 5.41) is 0.538. The van der Waals surface area contributed by atoms with Crippen LogP contribution in [-0.2, 0) is 11.2 Å². The number of fused-ring (bicyclic) bond motifs is 1. The number of halogens is 3. The van der Waals surface area contributed by atoms with E-state index >= 15 is 0 Å². The van der Waals surface area contributed by atoms with Crippen molar-refractivity contribution in [3.63, 3.8) is 0 Å². The molecule has 6 nitrogen and oxygen atoms in total. The van der Waals surface area contributed by atoms with Gasteiger partial charge < -0.3 is 14.4 Å². The number of para-hydroxylation sites is 1. The first-order valence-corrected chi connectivity index (χ1v) is 12.4. The maximum Gasteiger partial charge on any atom is 0.573 e. The molecule has 4 aromatic rings. The SMILES string of the molecule is COc1ccc(-c2cnc(SCC(=O)N3CCc4ccccc43)n2-c2ccc(OC(F)(F)F)cc2)cc1. The van der Waals surface area contributed by atoms with E-state index in [1.54, 1.807) is 18.2 Å². The number of hydrogen-bond acceptors (Lipinski definition) is 5. The fourth-order valence-electron chi connectivity index (χ4n) is 4.25. The summed E-state index contributed by atoms with van der Waals surface area (Å²) in [6.07, 6.45) is -2.28. The van der Waals surface area contributed by atoms with Gasteiger partial charge in [0.15, 0.2) is 5.16 Å². The van der Waals surface area contributed by atoms with Gasteiger partial charge in [-0.2, -0.15) is 0 Å². The van der Waals surface area contributed by atoms with Crippen molar-refractivity contribution in [2.75, 3.05) is 24.3 Å².